The van der Waals surface area contributed by atoms with Gasteiger partial charge in [0.15, 0.2) is 5.01 Å². The molecule has 28 heavy (non-hydrogen) atoms. The van der Waals surface area contributed by atoms with E-state index in [2.05, 4.69) is 46.8 Å². The van der Waals surface area contributed by atoms with Gasteiger partial charge in [0.2, 0.25) is 5.13 Å². The Hall–Kier alpha value is -2.64. The first-order chi connectivity index (χ1) is 13.5. The van der Waals surface area contributed by atoms with Crippen LogP contribution in [-0.4, -0.2) is 16.2 Å². The first-order valence-electron chi connectivity index (χ1n) is 8.92. The SMILES string of the molecule is CC[C@H](C)c1ccc(OCc2nnc(NC(=O)Nc3cccc(Cl)c3)s2)cc1. The lowest BCUT2D eigenvalue weighted by atomic mass is 9.99. The van der Waals surface area contributed by atoms with E-state index in [1.807, 2.05) is 12.1 Å². The highest BCUT2D eigenvalue weighted by Gasteiger charge is 2.10. The number of urea groups is 1. The number of rotatable bonds is 7. The third-order valence-electron chi connectivity index (χ3n) is 4.19. The van der Waals surface area contributed by atoms with Crippen molar-refractivity contribution in [3.8, 4) is 5.75 Å². The molecule has 0 saturated heterocycles. The molecule has 0 unspecified atom stereocenters. The fourth-order valence-corrected chi connectivity index (χ4v) is 3.30. The molecule has 0 aliphatic rings. The van der Waals surface area contributed by atoms with Crippen LogP contribution in [0.1, 0.15) is 36.8 Å². The molecule has 0 spiro atoms. The molecule has 146 valence electrons. The summed E-state index contributed by atoms with van der Waals surface area (Å²) >= 11 is 7.16. The Labute approximate surface area is 172 Å². The second-order valence-electron chi connectivity index (χ2n) is 6.26. The topological polar surface area (TPSA) is 76.1 Å². The maximum atomic E-state index is 12.0. The second kappa shape index (κ2) is 9.52. The standard InChI is InChI=1S/C20H21ClN4O2S/c1-3-13(2)14-7-9-17(10-8-14)27-12-18-24-25-20(28-18)23-19(26)22-16-6-4-5-15(21)11-16/h4-11,13H,3,12H2,1-2H3,(H2,22,23,25,26)/t13-/m0/s1. The van der Waals surface area contributed by atoms with E-state index < -0.39 is 6.03 Å². The molecule has 2 aromatic carbocycles. The van der Waals surface area contributed by atoms with Crippen molar-refractivity contribution in [1.29, 1.82) is 0 Å². The fourth-order valence-electron chi connectivity index (χ4n) is 2.46. The van der Waals surface area contributed by atoms with Gasteiger partial charge in [-0.15, -0.1) is 10.2 Å². The second-order valence-corrected chi connectivity index (χ2v) is 7.76. The van der Waals surface area contributed by atoms with Crippen LogP contribution in [0.25, 0.3) is 0 Å². The molecule has 3 rings (SSSR count). The van der Waals surface area contributed by atoms with Crippen molar-refractivity contribution in [2.75, 3.05) is 10.6 Å². The van der Waals surface area contributed by atoms with Crippen LogP contribution in [-0.2, 0) is 6.61 Å². The zero-order valence-corrected chi connectivity index (χ0v) is 17.2. The molecular formula is C20H21ClN4O2S. The maximum absolute atomic E-state index is 12.0. The summed E-state index contributed by atoms with van der Waals surface area (Å²) in [7, 11) is 0. The van der Waals surface area contributed by atoms with Crippen LogP contribution < -0.4 is 15.4 Å². The van der Waals surface area contributed by atoms with Crippen molar-refractivity contribution in [3.05, 3.63) is 64.1 Å². The molecule has 0 saturated carbocycles. The average Bonchev–Trinajstić information content (AvgIpc) is 3.13. The van der Waals surface area contributed by atoms with E-state index in [1.165, 1.54) is 16.9 Å². The summed E-state index contributed by atoms with van der Waals surface area (Å²) in [6, 6.07) is 14.6. The van der Waals surface area contributed by atoms with Crippen molar-refractivity contribution < 1.29 is 9.53 Å². The van der Waals surface area contributed by atoms with Crippen LogP contribution in [0.5, 0.6) is 5.75 Å². The van der Waals surface area contributed by atoms with E-state index >= 15 is 0 Å². The highest BCUT2D eigenvalue weighted by Crippen LogP contribution is 2.23. The Morgan fingerprint density at radius 3 is 2.68 bits per heavy atom. The van der Waals surface area contributed by atoms with Crippen molar-refractivity contribution in [2.24, 2.45) is 0 Å². The van der Waals surface area contributed by atoms with E-state index in [1.54, 1.807) is 24.3 Å². The summed E-state index contributed by atoms with van der Waals surface area (Å²) in [5.41, 5.74) is 1.89. The third kappa shape index (κ3) is 5.68. The van der Waals surface area contributed by atoms with Gasteiger partial charge < -0.3 is 10.1 Å². The van der Waals surface area contributed by atoms with Gasteiger partial charge >= 0.3 is 6.03 Å². The number of carbonyl (C=O) groups is 1. The Morgan fingerprint density at radius 1 is 1.18 bits per heavy atom. The number of nitrogens with one attached hydrogen (secondary N) is 2. The van der Waals surface area contributed by atoms with E-state index in [4.69, 9.17) is 16.3 Å². The van der Waals surface area contributed by atoms with Crippen LogP contribution in [0, 0.1) is 0 Å². The number of benzene rings is 2. The van der Waals surface area contributed by atoms with Gasteiger partial charge in [0.05, 0.1) is 0 Å². The van der Waals surface area contributed by atoms with Crippen molar-refractivity contribution in [2.45, 2.75) is 32.8 Å². The number of hydrogen-bond donors (Lipinski definition) is 2. The normalized spacial score (nSPS) is 11.7. The molecule has 1 atom stereocenters. The molecule has 8 heteroatoms. The molecule has 1 aromatic heterocycles. The molecule has 2 amide bonds. The lowest BCUT2D eigenvalue weighted by molar-refractivity contribution is 0.262. The van der Waals surface area contributed by atoms with Gasteiger partial charge in [-0.2, -0.15) is 0 Å². The van der Waals surface area contributed by atoms with Gasteiger partial charge in [0, 0.05) is 10.7 Å². The Kier molecular flexibility index (Phi) is 6.84. The van der Waals surface area contributed by atoms with E-state index in [9.17, 15) is 4.79 Å². The summed E-state index contributed by atoms with van der Waals surface area (Å²) in [4.78, 5) is 12.0. The average molecular weight is 417 g/mol. The Morgan fingerprint density at radius 2 is 1.96 bits per heavy atom. The first kappa shape index (κ1) is 20.1. The minimum atomic E-state index is -0.411. The number of aromatic nitrogens is 2. The number of hydrogen-bond acceptors (Lipinski definition) is 5. The van der Waals surface area contributed by atoms with Crippen molar-refractivity contribution in [1.82, 2.24) is 10.2 Å². The molecule has 0 aliphatic heterocycles. The zero-order chi connectivity index (χ0) is 19.9. The number of anilines is 2. The number of carbonyl (C=O) groups excluding carboxylic acids is 1. The molecule has 6 nitrogen and oxygen atoms in total. The van der Waals surface area contributed by atoms with Gasteiger partial charge in [0.1, 0.15) is 12.4 Å². The smallest absolute Gasteiger partial charge is 0.325 e. The highest BCUT2D eigenvalue weighted by molar-refractivity contribution is 7.15. The molecule has 0 fully saturated rings. The fraction of sp³-hybridized carbons (Fsp3) is 0.250. The number of amides is 2. The summed E-state index contributed by atoms with van der Waals surface area (Å²) < 4.78 is 5.75. The highest BCUT2D eigenvalue weighted by atomic mass is 35.5. The van der Waals surface area contributed by atoms with Crippen LogP contribution >= 0.6 is 22.9 Å². The summed E-state index contributed by atoms with van der Waals surface area (Å²) in [6.45, 7) is 4.66. The summed E-state index contributed by atoms with van der Waals surface area (Å²) in [5, 5.41) is 15.0. The van der Waals surface area contributed by atoms with E-state index in [-0.39, 0.29) is 6.61 Å². The molecule has 2 N–H and O–H groups in total. The predicted molar refractivity (Wildman–Crippen MR) is 113 cm³/mol. The summed E-state index contributed by atoms with van der Waals surface area (Å²) in [6.07, 6.45) is 1.10. The Balaban J connectivity index is 1.50. The monoisotopic (exact) mass is 416 g/mol. The zero-order valence-electron chi connectivity index (χ0n) is 15.6. The van der Waals surface area contributed by atoms with Crippen LogP contribution in [0.4, 0.5) is 15.6 Å². The van der Waals surface area contributed by atoms with Crippen LogP contribution in [0.2, 0.25) is 5.02 Å². The van der Waals surface area contributed by atoms with Gasteiger partial charge in [-0.25, -0.2) is 4.79 Å². The first-order valence-corrected chi connectivity index (χ1v) is 10.1. The minimum absolute atomic E-state index is 0.290. The van der Waals surface area contributed by atoms with E-state index in [0.717, 1.165) is 12.2 Å². The van der Waals surface area contributed by atoms with E-state index in [0.29, 0.717) is 26.8 Å². The number of nitrogens with zero attached hydrogens (tertiary/aromatic N) is 2. The number of halogens is 1. The predicted octanol–water partition coefficient (Wildman–Crippen LogP) is 5.93. The molecule has 0 radical (unpaired) electrons. The lowest BCUT2D eigenvalue weighted by Gasteiger charge is -2.10. The van der Waals surface area contributed by atoms with Crippen molar-refractivity contribution in [3.63, 3.8) is 0 Å². The van der Waals surface area contributed by atoms with Crippen LogP contribution in [0.15, 0.2) is 48.5 Å². The minimum Gasteiger partial charge on any atom is -0.486 e. The number of ether oxygens (including phenoxy) is 1. The summed E-state index contributed by atoms with van der Waals surface area (Å²) in [5.74, 6) is 1.30. The molecule has 0 aliphatic carbocycles. The maximum Gasteiger partial charge on any atom is 0.325 e. The Bertz CT molecular complexity index is 930. The van der Waals surface area contributed by atoms with Crippen LogP contribution in [0.3, 0.4) is 0 Å². The molecule has 0 bridgehead atoms. The van der Waals surface area contributed by atoms with Gasteiger partial charge in [-0.1, -0.05) is 55.0 Å². The largest absolute Gasteiger partial charge is 0.486 e. The molecular weight excluding hydrogens is 396 g/mol. The third-order valence-corrected chi connectivity index (χ3v) is 5.24. The molecule has 1 heterocycles. The lowest BCUT2D eigenvalue weighted by Crippen LogP contribution is -2.19. The van der Waals surface area contributed by atoms with Gasteiger partial charge in [0.25, 0.3) is 0 Å². The van der Waals surface area contributed by atoms with Gasteiger partial charge in [-0.3, -0.25) is 5.32 Å². The quantitative estimate of drug-likeness (QED) is 0.500. The van der Waals surface area contributed by atoms with Gasteiger partial charge in [-0.05, 0) is 48.2 Å². The molecule has 3 aromatic rings. The van der Waals surface area contributed by atoms with Crippen molar-refractivity contribution >= 4 is 39.8 Å².